The van der Waals surface area contributed by atoms with Crippen LogP contribution in [0.5, 0.6) is 0 Å². The van der Waals surface area contributed by atoms with Crippen molar-refractivity contribution in [3.63, 3.8) is 0 Å². The molecule has 0 saturated heterocycles. The summed E-state index contributed by atoms with van der Waals surface area (Å²) < 4.78 is 0.474. The first-order valence-electron chi connectivity index (χ1n) is 2.33. The summed E-state index contributed by atoms with van der Waals surface area (Å²) in [5.41, 5.74) is -1.44. The van der Waals surface area contributed by atoms with Crippen molar-refractivity contribution < 1.29 is 0 Å². The van der Waals surface area contributed by atoms with Crippen LogP contribution in [0, 0.1) is 11.5 Å². The molecule has 1 aromatic rings. The van der Waals surface area contributed by atoms with Gasteiger partial charge in [0.05, 0.1) is 0 Å². The van der Waals surface area contributed by atoms with E-state index in [1.54, 1.807) is 0 Å². The van der Waals surface area contributed by atoms with E-state index in [1.165, 1.54) is 6.19 Å². The molecule has 50 valence electrons. The average Bonchev–Trinajstić information content (AvgIpc) is 1.88. The molecular formula is C4H2N4O2. The number of nitrogens with zero attached hydrogens (tertiary/aromatic N) is 3. The molecule has 0 aromatic carbocycles. The highest BCUT2D eigenvalue weighted by Crippen LogP contribution is 1.55. The van der Waals surface area contributed by atoms with Gasteiger partial charge in [0.15, 0.2) is 0 Å². The molecule has 0 amide bonds. The molecule has 0 unspecified atom stereocenters. The van der Waals surface area contributed by atoms with Gasteiger partial charge < -0.3 is 0 Å². The standard InChI is InChI=1S/C4H2N4O2/c5-2-8-4(10)7-3(9)1-6-8/h1H,(H,7,9,10). The minimum atomic E-state index is -0.824. The number of aromatic amines is 1. The van der Waals surface area contributed by atoms with Gasteiger partial charge in [-0.05, 0) is 0 Å². The van der Waals surface area contributed by atoms with E-state index in [0.29, 0.717) is 4.68 Å². The zero-order valence-electron chi connectivity index (χ0n) is 4.74. The van der Waals surface area contributed by atoms with Gasteiger partial charge in [-0.2, -0.15) is 10.4 Å². The Morgan fingerprint density at radius 1 is 1.70 bits per heavy atom. The van der Waals surface area contributed by atoms with Gasteiger partial charge in [-0.15, -0.1) is 4.68 Å². The van der Waals surface area contributed by atoms with E-state index < -0.39 is 11.2 Å². The Morgan fingerprint density at radius 2 is 2.40 bits per heavy atom. The van der Waals surface area contributed by atoms with Crippen LogP contribution >= 0.6 is 0 Å². The molecule has 10 heavy (non-hydrogen) atoms. The van der Waals surface area contributed by atoms with Gasteiger partial charge in [0.25, 0.3) is 5.56 Å². The van der Waals surface area contributed by atoms with E-state index in [4.69, 9.17) is 5.26 Å². The second-order valence-corrected chi connectivity index (χ2v) is 1.45. The zero-order valence-corrected chi connectivity index (χ0v) is 4.74. The molecule has 0 bridgehead atoms. The Kier molecular flexibility index (Phi) is 1.33. The normalized spacial score (nSPS) is 8.70. The molecule has 6 nitrogen and oxygen atoms in total. The zero-order chi connectivity index (χ0) is 7.56. The summed E-state index contributed by atoms with van der Waals surface area (Å²) in [5.74, 6) is 0. The van der Waals surface area contributed by atoms with Crippen molar-refractivity contribution in [3.8, 4) is 6.19 Å². The first-order chi connectivity index (χ1) is 4.74. The number of H-pyrrole nitrogens is 1. The Morgan fingerprint density at radius 3 is 2.90 bits per heavy atom. The molecule has 0 aliphatic carbocycles. The summed E-state index contributed by atoms with van der Waals surface area (Å²) in [7, 11) is 0. The van der Waals surface area contributed by atoms with Gasteiger partial charge in [0.2, 0.25) is 6.19 Å². The Bertz CT molecular complexity index is 381. The van der Waals surface area contributed by atoms with E-state index in [0.717, 1.165) is 6.20 Å². The molecule has 6 heteroatoms. The minimum absolute atomic E-state index is 0.474. The van der Waals surface area contributed by atoms with Crippen molar-refractivity contribution >= 4 is 0 Å². The molecule has 1 heterocycles. The van der Waals surface area contributed by atoms with Crippen molar-refractivity contribution in [3.05, 3.63) is 27.0 Å². The van der Waals surface area contributed by atoms with Crippen LogP contribution in [0.1, 0.15) is 0 Å². The first kappa shape index (κ1) is 6.22. The average molecular weight is 138 g/mol. The fourth-order valence-electron chi connectivity index (χ4n) is 0.424. The van der Waals surface area contributed by atoms with Crippen molar-refractivity contribution in [2.75, 3.05) is 0 Å². The molecule has 0 radical (unpaired) electrons. The molecule has 0 atom stereocenters. The first-order valence-corrected chi connectivity index (χ1v) is 2.33. The molecule has 0 spiro atoms. The highest BCUT2D eigenvalue weighted by atomic mass is 16.2. The van der Waals surface area contributed by atoms with Crippen LogP contribution < -0.4 is 11.2 Å². The summed E-state index contributed by atoms with van der Waals surface area (Å²) in [5, 5.41) is 11.3. The summed E-state index contributed by atoms with van der Waals surface area (Å²) in [4.78, 5) is 22.7. The van der Waals surface area contributed by atoms with Gasteiger partial charge in [-0.25, -0.2) is 4.79 Å². The van der Waals surface area contributed by atoms with Gasteiger partial charge >= 0.3 is 5.69 Å². The highest BCUT2D eigenvalue weighted by molar-refractivity contribution is 4.78. The van der Waals surface area contributed by atoms with E-state index >= 15 is 0 Å². The fraction of sp³-hybridized carbons (Fsp3) is 0. The summed E-state index contributed by atoms with van der Waals surface area (Å²) in [6.07, 6.45) is 2.30. The second-order valence-electron chi connectivity index (χ2n) is 1.45. The predicted molar refractivity (Wildman–Crippen MR) is 30.1 cm³/mol. The van der Waals surface area contributed by atoms with Crippen molar-refractivity contribution in [2.24, 2.45) is 0 Å². The van der Waals surface area contributed by atoms with Crippen LogP contribution in [-0.4, -0.2) is 14.8 Å². The molecule has 1 aromatic heterocycles. The fourth-order valence-corrected chi connectivity index (χ4v) is 0.424. The maximum absolute atomic E-state index is 10.5. The summed E-state index contributed by atoms with van der Waals surface area (Å²) in [6.45, 7) is 0. The minimum Gasteiger partial charge on any atom is -0.271 e. The largest absolute Gasteiger partial charge is 0.358 e. The van der Waals surface area contributed by atoms with E-state index in [-0.39, 0.29) is 0 Å². The van der Waals surface area contributed by atoms with Gasteiger partial charge in [0.1, 0.15) is 6.20 Å². The lowest BCUT2D eigenvalue weighted by molar-refractivity contribution is 0.762. The number of aromatic nitrogens is 3. The lowest BCUT2D eigenvalue weighted by Gasteiger charge is -1.84. The van der Waals surface area contributed by atoms with Gasteiger partial charge in [0, 0.05) is 0 Å². The smallest absolute Gasteiger partial charge is 0.271 e. The van der Waals surface area contributed by atoms with Crippen LogP contribution in [0.3, 0.4) is 0 Å². The molecule has 0 aliphatic rings. The summed E-state index contributed by atoms with van der Waals surface area (Å²) in [6, 6.07) is 0. The third-order valence-corrected chi connectivity index (χ3v) is 0.808. The number of hydrogen-bond donors (Lipinski definition) is 1. The Labute approximate surface area is 54.3 Å². The lowest BCUT2D eigenvalue weighted by Crippen LogP contribution is -2.29. The Balaban J connectivity index is 3.53. The molecule has 0 fully saturated rings. The van der Waals surface area contributed by atoms with Crippen molar-refractivity contribution in [1.29, 1.82) is 5.26 Å². The van der Waals surface area contributed by atoms with E-state index in [9.17, 15) is 9.59 Å². The van der Waals surface area contributed by atoms with Crippen LogP contribution in [0.15, 0.2) is 15.8 Å². The predicted octanol–water partition coefficient (Wildman–Crippen LogP) is -1.74. The molecule has 0 saturated carbocycles. The monoisotopic (exact) mass is 138 g/mol. The summed E-state index contributed by atoms with van der Waals surface area (Å²) >= 11 is 0. The molecule has 0 aliphatic heterocycles. The molecule has 1 N–H and O–H groups in total. The number of nitrogens with one attached hydrogen (secondary N) is 1. The second kappa shape index (κ2) is 2.14. The van der Waals surface area contributed by atoms with E-state index in [1.807, 2.05) is 4.98 Å². The third-order valence-electron chi connectivity index (χ3n) is 0.808. The SMILES string of the molecule is N#Cn1ncc(=O)[nH]c1=O. The third kappa shape index (κ3) is 0.925. The van der Waals surface area contributed by atoms with Crippen LogP contribution in [-0.2, 0) is 0 Å². The van der Waals surface area contributed by atoms with Gasteiger partial charge in [-0.3, -0.25) is 9.78 Å². The molecule has 1 rings (SSSR count). The van der Waals surface area contributed by atoms with Crippen LogP contribution in [0.2, 0.25) is 0 Å². The van der Waals surface area contributed by atoms with Crippen molar-refractivity contribution in [2.45, 2.75) is 0 Å². The number of nitriles is 1. The number of rotatable bonds is 0. The highest BCUT2D eigenvalue weighted by Gasteiger charge is 1.92. The number of hydrogen-bond acceptors (Lipinski definition) is 4. The molecular weight excluding hydrogens is 136 g/mol. The van der Waals surface area contributed by atoms with E-state index in [2.05, 4.69) is 5.10 Å². The maximum Gasteiger partial charge on any atom is 0.358 e. The van der Waals surface area contributed by atoms with Crippen LogP contribution in [0.25, 0.3) is 0 Å². The van der Waals surface area contributed by atoms with Crippen LogP contribution in [0.4, 0.5) is 0 Å². The Hall–Kier alpha value is -1.90. The van der Waals surface area contributed by atoms with Crippen molar-refractivity contribution in [1.82, 2.24) is 14.8 Å². The quantitative estimate of drug-likeness (QED) is 0.460. The lowest BCUT2D eigenvalue weighted by atomic mass is 10.8. The topological polar surface area (TPSA) is 91.5 Å². The van der Waals surface area contributed by atoms with Gasteiger partial charge in [-0.1, -0.05) is 0 Å². The maximum atomic E-state index is 10.5.